The van der Waals surface area contributed by atoms with E-state index in [9.17, 15) is 7.67 Å². The van der Waals surface area contributed by atoms with E-state index in [1.54, 1.807) is 0 Å². The molecular formula is C12H8O2Se2. The van der Waals surface area contributed by atoms with Gasteiger partial charge < -0.3 is 0 Å². The molecule has 0 saturated heterocycles. The summed E-state index contributed by atoms with van der Waals surface area (Å²) in [6.45, 7) is 0. The average Bonchev–Trinajstić information content (AvgIpc) is 2.36. The molecule has 0 fully saturated rings. The summed E-state index contributed by atoms with van der Waals surface area (Å²) in [5.41, 5.74) is 0. The van der Waals surface area contributed by atoms with Crippen molar-refractivity contribution in [1.29, 1.82) is 0 Å². The van der Waals surface area contributed by atoms with Crippen LogP contribution in [0.4, 0.5) is 0 Å². The number of hydrogen-bond donors (Lipinski definition) is 0. The number of fused-ring (bicyclic) bond motifs is 2. The molecule has 80 valence electrons. The third-order valence-corrected chi connectivity index (χ3v) is 10.1. The molecule has 1 heterocycles. The zero-order valence-corrected chi connectivity index (χ0v) is 11.7. The molecule has 0 unspecified atom stereocenters. The van der Waals surface area contributed by atoms with Crippen LogP contribution >= 0.6 is 0 Å². The molecule has 0 aliphatic carbocycles. The van der Waals surface area contributed by atoms with Crippen LogP contribution in [0.1, 0.15) is 0 Å². The Morgan fingerprint density at radius 2 is 0.812 bits per heavy atom. The van der Waals surface area contributed by atoms with Crippen LogP contribution in [0.2, 0.25) is 0 Å². The Labute approximate surface area is 101 Å². The fourth-order valence-electron chi connectivity index (χ4n) is 1.75. The van der Waals surface area contributed by atoms with Gasteiger partial charge in [-0.05, 0) is 0 Å². The summed E-state index contributed by atoms with van der Waals surface area (Å²) in [7, 11) is 0. The van der Waals surface area contributed by atoms with Crippen molar-refractivity contribution in [2.24, 2.45) is 0 Å². The molecule has 2 nitrogen and oxygen atoms in total. The molecule has 3 rings (SSSR count). The number of hydrogen-bond acceptors (Lipinski definition) is 2. The second kappa shape index (κ2) is 3.83. The van der Waals surface area contributed by atoms with Crippen LogP contribution in [0.3, 0.4) is 0 Å². The van der Waals surface area contributed by atoms with E-state index in [0.29, 0.717) is 0 Å². The fourth-order valence-corrected chi connectivity index (χ4v) is 9.85. The first-order valence-electron chi connectivity index (χ1n) is 4.80. The first-order valence-corrected chi connectivity index (χ1v) is 9.63. The van der Waals surface area contributed by atoms with Gasteiger partial charge in [-0.1, -0.05) is 0 Å². The Balaban J connectivity index is 2.35. The Kier molecular flexibility index (Phi) is 2.45. The van der Waals surface area contributed by atoms with Crippen molar-refractivity contribution >= 4 is 45.5 Å². The zero-order chi connectivity index (χ0) is 11.1. The Morgan fingerprint density at radius 1 is 0.562 bits per heavy atom. The molecule has 2 aromatic carbocycles. The van der Waals surface area contributed by atoms with Gasteiger partial charge in [0.25, 0.3) is 0 Å². The molecule has 4 heteroatoms. The molecule has 1 aliphatic heterocycles. The minimum atomic E-state index is -2.20. The maximum absolute atomic E-state index is 12.3. The maximum atomic E-state index is 12.3. The summed E-state index contributed by atoms with van der Waals surface area (Å²) in [4.78, 5) is 0. The normalized spacial score (nSPS) is 22.2. The van der Waals surface area contributed by atoms with Crippen LogP contribution in [0.15, 0.2) is 48.5 Å². The van der Waals surface area contributed by atoms with Crippen LogP contribution in [0.25, 0.3) is 0 Å². The van der Waals surface area contributed by atoms with Gasteiger partial charge in [-0.3, -0.25) is 0 Å². The van der Waals surface area contributed by atoms with Gasteiger partial charge in [0.2, 0.25) is 0 Å². The van der Waals surface area contributed by atoms with Crippen LogP contribution < -0.4 is 17.8 Å². The molecule has 0 N–H and O–H groups in total. The summed E-state index contributed by atoms with van der Waals surface area (Å²) in [6, 6.07) is 14.8. The fraction of sp³-hybridized carbons (Fsp3) is 0. The van der Waals surface area contributed by atoms with E-state index in [1.165, 1.54) is 0 Å². The molecule has 0 amide bonds. The number of benzene rings is 2. The summed E-state index contributed by atoms with van der Waals surface area (Å²) in [5.74, 6) is 0. The van der Waals surface area contributed by atoms with Gasteiger partial charge in [0, 0.05) is 0 Å². The molecular weight excluding hydrogens is 334 g/mol. The van der Waals surface area contributed by atoms with Crippen molar-refractivity contribution in [2.45, 2.75) is 0 Å². The molecule has 0 bridgehead atoms. The third-order valence-electron chi connectivity index (χ3n) is 2.50. The molecule has 0 radical (unpaired) electrons. The molecule has 0 atom stereocenters. The van der Waals surface area contributed by atoms with Crippen LogP contribution in [-0.2, 0) is 7.67 Å². The summed E-state index contributed by atoms with van der Waals surface area (Å²) in [5, 5.41) is 0. The van der Waals surface area contributed by atoms with Crippen molar-refractivity contribution in [2.75, 3.05) is 0 Å². The van der Waals surface area contributed by atoms with Crippen LogP contribution in [0, 0.1) is 0 Å². The molecule has 0 aromatic heterocycles. The van der Waals surface area contributed by atoms with Crippen LogP contribution in [0.5, 0.6) is 0 Å². The van der Waals surface area contributed by atoms with Gasteiger partial charge in [0.1, 0.15) is 0 Å². The van der Waals surface area contributed by atoms with Gasteiger partial charge in [-0.2, -0.15) is 0 Å². The topological polar surface area (TPSA) is 34.1 Å². The van der Waals surface area contributed by atoms with Gasteiger partial charge in [-0.15, -0.1) is 0 Å². The van der Waals surface area contributed by atoms with Crippen molar-refractivity contribution in [3.63, 3.8) is 0 Å². The van der Waals surface area contributed by atoms with E-state index in [1.807, 2.05) is 48.5 Å². The first kappa shape index (κ1) is 10.2. The van der Waals surface area contributed by atoms with E-state index in [0.717, 1.165) is 17.8 Å². The number of rotatable bonds is 0. The van der Waals surface area contributed by atoms with Gasteiger partial charge >= 0.3 is 102 Å². The first-order chi connectivity index (χ1) is 7.79. The predicted octanol–water partition coefficient (Wildman–Crippen LogP) is -0.928. The molecule has 0 spiro atoms. The Bertz CT molecular complexity index is 514. The predicted molar refractivity (Wildman–Crippen MR) is 64.3 cm³/mol. The van der Waals surface area contributed by atoms with Crippen molar-refractivity contribution in [3.05, 3.63) is 48.5 Å². The monoisotopic (exact) mass is 344 g/mol. The second-order valence-electron chi connectivity index (χ2n) is 3.43. The van der Waals surface area contributed by atoms with E-state index in [2.05, 4.69) is 0 Å². The van der Waals surface area contributed by atoms with Gasteiger partial charge in [0.05, 0.1) is 0 Å². The van der Waals surface area contributed by atoms with Gasteiger partial charge in [0.15, 0.2) is 0 Å². The third kappa shape index (κ3) is 1.39. The molecule has 2 aromatic rings. The van der Waals surface area contributed by atoms with E-state index in [4.69, 9.17) is 0 Å². The molecule has 16 heavy (non-hydrogen) atoms. The molecule has 0 saturated carbocycles. The van der Waals surface area contributed by atoms with Crippen LogP contribution in [-0.4, -0.2) is 27.7 Å². The second-order valence-corrected chi connectivity index (χ2v) is 9.38. The Hall–Kier alpha value is -0.921. The summed E-state index contributed by atoms with van der Waals surface area (Å²) in [6.07, 6.45) is 0. The SMILES string of the molecule is O=[Se]1c2ccccc2[Se](=O)c2ccccc21. The average molecular weight is 342 g/mol. The minimum absolute atomic E-state index is 0.807. The van der Waals surface area contributed by atoms with E-state index >= 15 is 0 Å². The van der Waals surface area contributed by atoms with Gasteiger partial charge in [-0.25, -0.2) is 0 Å². The zero-order valence-electron chi connectivity index (χ0n) is 8.25. The molecule has 1 aliphatic rings. The summed E-state index contributed by atoms with van der Waals surface area (Å²) >= 11 is -4.40. The summed E-state index contributed by atoms with van der Waals surface area (Å²) < 4.78 is 27.9. The van der Waals surface area contributed by atoms with Crippen molar-refractivity contribution < 1.29 is 7.67 Å². The Morgan fingerprint density at radius 3 is 1.06 bits per heavy atom. The van der Waals surface area contributed by atoms with Crippen molar-refractivity contribution in [1.82, 2.24) is 0 Å². The van der Waals surface area contributed by atoms with Crippen molar-refractivity contribution in [3.8, 4) is 0 Å². The quantitative estimate of drug-likeness (QED) is 0.495. The standard InChI is InChI=1S/C12H8O2Se2/c13-15-9-5-1-2-6-10(9)16(14)12-8-4-3-7-11(12)15/h1-8H. The van der Waals surface area contributed by atoms with E-state index < -0.39 is 27.7 Å². The van der Waals surface area contributed by atoms with E-state index in [-0.39, 0.29) is 0 Å².